The molecule has 1 aliphatic heterocycles. The van der Waals surface area contributed by atoms with Crippen LogP contribution < -0.4 is 5.56 Å². The van der Waals surface area contributed by atoms with Gasteiger partial charge in [-0.05, 0) is 19.3 Å². The predicted octanol–water partition coefficient (Wildman–Crippen LogP) is 0.723. The normalized spacial score (nSPS) is 18.5. The standard InChI is InChI=1S/C11H12ClN3O2/c12-4-3-7-8(6-13)14-10-9(16)2-1-5-15(10)11(7)17/h9,16H,1-5H2. The Morgan fingerprint density at radius 2 is 2.41 bits per heavy atom. The summed E-state index contributed by atoms with van der Waals surface area (Å²) in [7, 11) is 0. The van der Waals surface area contributed by atoms with Crippen LogP contribution in [-0.4, -0.2) is 20.5 Å². The van der Waals surface area contributed by atoms with E-state index in [-0.39, 0.29) is 17.1 Å². The van der Waals surface area contributed by atoms with Crippen LogP contribution in [0.5, 0.6) is 0 Å². The van der Waals surface area contributed by atoms with Gasteiger partial charge < -0.3 is 5.11 Å². The van der Waals surface area contributed by atoms with Crippen molar-refractivity contribution in [1.82, 2.24) is 9.55 Å². The van der Waals surface area contributed by atoms with Gasteiger partial charge in [-0.1, -0.05) is 0 Å². The number of aliphatic hydroxyl groups is 1. The van der Waals surface area contributed by atoms with Gasteiger partial charge in [0.05, 0.1) is 5.56 Å². The molecular weight excluding hydrogens is 242 g/mol. The van der Waals surface area contributed by atoms with Crippen LogP contribution in [-0.2, 0) is 13.0 Å². The topological polar surface area (TPSA) is 78.9 Å². The summed E-state index contributed by atoms with van der Waals surface area (Å²) in [4.78, 5) is 16.2. The maximum atomic E-state index is 12.1. The van der Waals surface area contributed by atoms with E-state index in [0.717, 1.165) is 6.42 Å². The van der Waals surface area contributed by atoms with Crippen molar-refractivity contribution in [2.45, 2.75) is 31.9 Å². The predicted molar refractivity (Wildman–Crippen MR) is 61.8 cm³/mol. The number of nitrogens with zero attached hydrogens (tertiary/aromatic N) is 3. The lowest BCUT2D eigenvalue weighted by atomic mass is 10.1. The number of alkyl halides is 1. The fourth-order valence-corrected chi connectivity index (χ4v) is 2.25. The summed E-state index contributed by atoms with van der Waals surface area (Å²) in [5.74, 6) is 0.573. The van der Waals surface area contributed by atoms with Crippen LogP contribution in [0.2, 0.25) is 0 Å². The van der Waals surface area contributed by atoms with Crippen LogP contribution in [0.3, 0.4) is 0 Å². The van der Waals surface area contributed by atoms with Crippen molar-refractivity contribution < 1.29 is 5.11 Å². The van der Waals surface area contributed by atoms with Crippen molar-refractivity contribution in [3.05, 3.63) is 27.4 Å². The molecule has 0 saturated carbocycles. The maximum absolute atomic E-state index is 12.1. The molecule has 0 fully saturated rings. The van der Waals surface area contributed by atoms with E-state index in [1.165, 1.54) is 4.57 Å². The molecule has 5 nitrogen and oxygen atoms in total. The van der Waals surface area contributed by atoms with Gasteiger partial charge in [0.1, 0.15) is 18.0 Å². The molecule has 1 aliphatic rings. The van der Waals surface area contributed by atoms with E-state index < -0.39 is 6.10 Å². The van der Waals surface area contributed by atoms with E-state index in [4.69, 9.17) is 16.9 Å². The summed E-state index contributed by atoms with van der Waals surface area (Å²) in [5.41, 5.74) is 0.189. The zero-order valence-corrected chi connectivity index (χ0v) is 9.94. The van der Waals surface area contributed by atoms with Gasteiger partial charge in [-0.25, -0.2) is 4.98 Å². The minimum atomic E-state index is -0.756. The van der Waals surface area contributed by atoms with Crippen molar-refractivity contribution in [1.29, 1.82) is 5.26 Å². The summed E-state index contributed by atoms with van der Waals surface area (Å²) >= 11 is 5.61. The molecule has 0 aromatic carbocycles. The fourth-order valence-electron chi connectivity index (χ4n) is 2.07. The highest BCUT2D eigenvalue weighted by atomic mass is 35.5. The first-order valence-corrected chi connectivity index (χ1v) is 6.00. The van der Waals surface area contributed by atoms with Gasteiger partial charge in [-0.15, -0.1) is 11.6 Å². The third-order valence-corrected chi connectivity index (χ3v) is 3.09. The molecule has 0 spiro atoms. The molecule has 1 aromatic rings. The highest BCUT2D eigenvalue weighted by Crippen LogP contribution is 2.22. The molecule has 0 radical (unpaired) electrons. The molecule has 1 unspecified atom stereocenters. The lowest BCUT2D eigenvalue weighted by molar-refractivity contribution is 0.130. The monoisotopic (exact) mass is 253 g/mol. The number of hydrogen-bond acceptors (Lipinski definition) is 4. The van der Waals surface area contributed by atoms with Crippen LogP contribution in [0.1, 0.15) is 36.0 Å². The van der Waals surface area contributed by atoms with Gasteiger partial charge in [0.25, 0.3) is 5.56 Å². The summed E-state index contributed by atoms with van der Waals surface area (Å²) in [5, 5.41) is 18.7. The third kappa shape index (κ3) is 2.06. The second-order valence-electron chi connectivity index (χ2n) is 3.96. The Morgan fingerprint density at radius 3 is 3.06 bits per heavy atom. The van der Waals surface area contributed by atoms with Crippen molar-refractivity contribution >= 4 is 11.6 Å². The van der Waals surface area contributed by atoms with Crippen LogP contribution in [0.4, 0.5) is 0 Å². The first-order chi connectivity index (χ1) is 8.19. The Kier molecular flexibility index (Phi) is 3.46. The average Bonchev–Trinajstić information content (AvgIpc) is 2.33. The molecule has 1 N–H and O–H groups in total. The molecule has 90 valence electrons. The lowest BCUT2D eigenvalue weighted by Crippen LogP contribution is -2.34. The van der Waals surface area contributed by atoms with Crippen molar-refractivity contribution in [3.63, 3.8) is 0 Å². The third-order valence-electron chi connectivity index (χ3n) is 2.90. The number of hydrogen-bond donors (Lipinski definition) is 1. The molecule has 0 saturated heterocycles. The average molecular weight is 254 g/mol. The highest BCUT2D eigenvalue weighted by molar-refractivity contribution is 6.18. The Balaban J connectivity index is 2.65. The smallest absolute Gasteiger partial charge is 0.258 e. The van der Waals surface area contributed by atoms with E-state index in [9.17, 15) is 9.90 Å². The molecule has 6 heteroatoms. The molecule has 2 heterocycles. The van der Waals surface area contributed by atoms with Crippen molar-refractivity contribution in [3.8, 4) is 6.07 Å². The van der Waals surface area contributed by atoms with Crippen LogP contribution in [0, 0.1) is 11.3 Å². The molecule has 0 aliphatic carbocycles. The summed E-state index contributed by atoms with van der Waals surface area (Å²) in [6.07, 6.45) is 0.884. The van der Waals surface area contributed by atoms with Crippen molar-refractivity contribution in [2.75, 3.05) is 5.88 Å². The van der Waals surface area contributed by atoms with Gasteiger partial charge in [0.15, 0.2) is 5.69 Å². The Hall–Kier alpha value is -1.38. The van der Waals surface area contributed by atoms with Gasteiger partial charge in [0.2, 0.25) is 0 Å². The van der Waals surface area contributed by atoms with Crippen LogP contribution in [0.15, 0.2) is 4.79 Å². The summed E-state index contributed by atoms with van der Waals surface area (Å²) in [6.45, 7) is 0.541. The molecule has 2 rings (SSSR count). The Bertz CT molecular complexity index is 533. The first kappa shape index (κ1) is 12.1. The van der Waals surface area contributed by atoms with E-state index in [1.54, 1.807) is 0 Å². The van der Waals surface area contributed by atoms with Gasteiger partial charge in [-0.3, -0.25) is 9.36 Å². The molecule has 0 bridgehead atoms. The van der Waals surface area contributed by atoms with Gasteiger partial charge in [-0.2, -0.15) is 5.26 Å². The summed E-state index contributed by atoms with van der Waals surface area (Å²) < 4.78 is 1.46. The SMILES string of the molecule is N#Cc1nc2n(c(=O)c1CCCl)CCCC2O. The quantitative estimate of drug-likeness (QED) is 0.788. The van der Waals surface area contributed by atoms with E-state index in [0.29, 0.717) is 30.8 Å². The molecular formula is C11H12ClN3O2. The van der Waals surface area contributed by atoms with Crippen molar-refractivity contribution in [2.24, 2.45) is 0 Å². The van der Waals surface area contributed by atoms with E-state index in [1.807, 2.05) is 6.07 Å². The lowest BCUT2D eigenvalue weighted by Gasteiger charge is -2.22. The van der Waals surface area contributed by atoms with Gasteiger partial charge >= 0.3 is 0 Å². The van der Waals surface area contributed by atoms with Gasteiger partial charge in [0, 0.05) is 12.4 Å². The second kappa shape index (κ2) is 4.86. The largest absolute Gasteiger partial charge is 0.385 e. The number of halogens is 1. The maximum Gasteiger partial charge on any atom is 0.258 e. The number of fused-ring (bicyclic) bond motifs is 1. The zero-order valence-electron chi connectivity index (χ0n) is 9.19. The van der Waals surface area contributed by atoms with E-state index in [2.05, 4.69) is 4.98 Å². The Morgan fingerprint density at radius 1 is 1.65 bits per heavy atom. The Labute approximate surface area is 103 Å². The molecule has 1 atom stereocenters. The first-order valence-electron chi connectivity index (χ1n) is 5.46. The van der Waals surface area contributed by atoms with Crippen LogP contribution >= 0.6 is 11.6 Å². The minimum absolute atomic E-state index is 0.0860. The van der Waals surface area contributed by atoms with E-state index >= 15 is 0 Å². The molecule has 17 heavy (non-hydrogen) atoms. The minimum Gasteiger partial charge on any atom is -0.385 e. The summed E-state index contributed by atoms with van der Waals surface area (Å²) in [6, 6.07) is 1.90. The number of aliphatic hydroxyl groups excluding tert-OH is 1. The van der Waals surface area contributed by atoms with Crippen LogP contribution in [0.25, 0.3) is 0 Å². The molecule has 1 aromatic heterocycles. The second-order valence-corrected chi connectivity index (χ2v) is 4.34. The highest BCUT2D eigenvalue weighted by Gasteiger charge is 2.24. The number of aromatic nitrogens is 2. The zero-order chi connectivity index (χ0) is 12.4. The number of rotatable bonds is 2. The fraction of sp³-hybridized carbons (Fsp3) is 0.545. The number of nitriles is 1. The molecule has 0 amide bonds.